The third-order valence-electron chi connectivity index (χ3n) is 7.97. The van der Waals surface area contributed by atoms with E-state index < -0.39 is 117 Å². The topological polar surface area (TPSA) is 272 Å². The maximum Gasteiger partial charge on any atom is 0.408 e. The van der Waals surface area contributed by atoms with Crippen LogP contribution in [0.25, 0.3) is 0 Å². The number of rotatable bonds is 14. The van der Waals surface area contributed by atoms with Crippen molar-refractivity contribution in [3.63, 3.8) is 0 Å². The summed E-state index contributed by atoms with van der Waals surface area (Å²) in [5.74, 6) is -2.11. The van der Waals surface area contributed by atoms with Gasteiger partial charge in [0.15, 0.2) is 12.6 Å². The van der Waals surface area contributed by atoms with Gasteiger partial charge in [0, 0.05) is 0 Å². The first-order valence-corrected chi connectivity index (χ1v) is 15.3. The molecule has 18 nitrogen and oxygen atoms in total. The van der Waals surface area contributed by atoms with E-state index in [0.29, 0.717) is 5.56 Å². The molecule has 0 aromatic heterocycles. The number of methoxy groups -OCH3 is 1. The number of aliphatic hydroxyl groups excluding tert-OH is 7. The molecule has 0 saturated carbocycles. The number of hydrogen-bond acceptors (Lipinski definition) is 16. The van der Waals surface area contributed by atoms with Gasteiger partial charge in [-0.15, -0.1) is 0 Å². The second-order valence-corrected chi connectivity index (χ2v) is 11.8. The molecule has 3 rings (SSSR count). The Labute approximate surface area is 276 Å². The van der Waals surface area contributed by atoms with Gasteiger partial charge < -0.3 is 74.8 Å². The molecule has 0 aliphatic carbocycles. The lowest BCUT2D eigenvalue weighted by molar-refractivity contribution is -0.371. The van der Waals surface area contributed by atoms with Crippen molar-refractivity contribution in [2.24, 2.45) is 5.92 Å². The lowest BCUT2D eigenvalue weighted by Gasteiger charge is -2.46. The number of carbonyl (C=O) groups is 3. The number of alkyl carbamates (subject to hydrolysis) is 1. The Morgan fingerprint density at radius 3 is 1.94 bits per heavy atom. The minimum atomic E-state index is -1.91. The van der Waals surface area contributed by atoms with Crippen LogP contribution in [0.3, 0.4) is 0 Å². The monoisotopic (exact) mass is 690 g/mol. The molecule has 2 aliphatic rings. The highest BCUT2D eigenvalue weighted by Gasteiger charge is 2.51. The van der Waals surface area contributed by atoms with E-state index in [1.165, 1.54) is 6.92 Å². The highest BCUT2D eigenvalue weighted by molar-refractivity contribution is 5.90. The zero-order valence-electron chi connectivity index (χ0n) is 26.9. The second kappa shape index (κ2) is 18.1. The molecule has 2 fully saturated rings. The SMILES string of the molecule is COC(=O)[C@@H](NC(=O)[C@@H](NC(=O)OCc1ccccc1)[C@@H](C)O[C@H]1OC(CO)[C@@H](O)[C@H](O)C1O[C@H]1OC(CO)[C@@H](O)[C@H](O)C1O)C(C)C. The fraction of sp³-hybridized carbons (Fsp3) is 0.700. The fourth-order valence-corrected chi connectivity index (χ4v) is 5.09. The Kier molecular flexibility index (Phi) is 14.9. The molecule has 272 valence electrons. The third-order valence-corrected chi connectivity index (χ3v) is 7.97. The molecule has 13 atom stereocenters. The number of ether oxygens (including phenoxy) is 6. The van der Waals surface area contributed by atoms with Gasteiger partial charge >= 0.3 is 12.1 Å². The lowest BCUT2D eigenvalue weighted by Crippen LogP contribution is -2.65. The summed E-state index contributed by atoms with van der Waals surface area (Å²) in [6.45, 7) is 2.88. The normalized spacial score (nSPS) is 32.5. The summed E-state index contributed by atoms with van der Waals surface area (Å²) in [5.41, 5.74) is 0.648. The average Bonchev–Trinajstić information content (AvgIpc) is 3.07. The van der Waals surface area contributed by atoms with Gasteiger partial charge in [-0.1, -0.05) is 44.2 Å². The van der Waals surface area contributed by atoms with Crippen LogP contribution in [0.4, 0.5) is 4.79 Å². The van der Waals surface area contributed by atoms with Crippen LogP contribution in [0.15, 0.2) is 30.3 Å². The predicted octanol–water partition coefficient (Wildman–Crippen LogP) is -3.38. The number of aliphatic hydroxyl groups is 7. The van der Waals surface area contributed by atoms with E-state index >= 15 is 0 Å². The minimum Gasteiger partial charge on any atom is -0.467 e. The first kappa shape index (κ1) is 39.4. The molecule has 1 aromatic rings. The highest BCUT2D eigenvalue weighted by Crippen LogP contribution is 2.30. The van der Waals surface area contributed by atoms with Gasteiger partial charge in [0.25, 0.3) is 0 Å². The van der Waals surface area contributed by atoms with Crippen molar-refractivity contribution in [3.8, 4) is 0 Å². The van der Waals surface area contributed by atoms with Gasteiger partial charge in [0.2, 0.25) is 5.91 Å². The highest BCUT2D eigenvalue weighted by atomic mass is 16.8. The van der Waals surface area contributed by atoms with E-state index in [4.69, 9.17) is 28.4 Å². The first-order chi connectivity index (χ1) is 22.7. The van der Waals surface area contributed by atoms with Crippen LogP contribution in [0.5, 0.6) is 0 Å². The number of hydrogen-bond donors (Lipinski definition) is 9. The van der Waals surface area contributed by atoms with Crippen molar-refractivity contribution in [3.05, 3.63) is 35.9 Å². The summed E-state index contributed by atoms with van der Waals surface area (Å²) in [7, 11) is 1.14. The molecule has 2 saturated heterocycles. The van der Waals surface area contributed by atoms with E-state index in [2.05, 4.69) is 10.6 Å². The number of esters is 1. The summed E-state index contributed by atoms with van der Waals surface area (Å²) in [4.78, 5) is 38.9. The van der Waals surface area contributed by atoms with Gasteiger partial charge in [-0.05, 0) is 18.4 Å². The zero-order chi connectivity index (χ0) is 35.7. The molecular formula is C30H46N2O16. The first-order valence-electron chi connectivity index (χ1n) is 15.3. The van der Waals surface area contributed by atoms with Gasteiger partial charge in [0.1, 0.15) is 67.5 Å². The Hall–Kier alpha value is -3.01. The van der Waals surface area contributed by atoms with Crippen LogP contribution in [-0.2, 0) is 44.6 Å². The van der Waals surface area contributed by atoms with Gasteiger partial charge in [-0.25, -0.2) is 9.59 Å². The van der Waals surface area contributed by atoms with Crippen molar-refractivity contribution in [1.29, 1.82) is 0 Å². The lowest BCUT2D eigenvalue weighted by atomic mass is 9.97. The molecule has 2 aliphatic heterocycles. The summed E-state index contributed by atoms with van der Waals surface area (Å²) >= 11 is 0. The minimum absolute atomic E-state index is 0.157. The quantitative estimate of drug-likeness (QED) is 0.0862. The Balaban J connectivity index is 1.87. The Morgan fingerprint density at radius 2 is 1.38 bits per heavy atom. The van der Waals surface area contributed by atoms with E-state index in [1.54, 1.807) is 44.2 Å². The van der Waals surface area contributed by atoms with Crippen LogP contribution in [0, 0.1) is 5.92 Å². The molecule has 1 aromatic carbocycles. The molecule has 2 amide bonds. The zero-order valence-corrected chi connectivity index (χ0v) is 26.9. The molecule has 48 heavy (non-hydrogen) atoms. The van der Waals surface area contributed by atoms with Gasteiger partial charge in [-0.2, -0.15) is 0 Å². The fourth-order valence-electron chi connectivity index (χ4n) is 5.09. The molecule has 0 spiro atoms. The molecule has 2 heterocycles. The van der Waals surface area contributed by atoms with Gasteiger partial charge in [-0.3, -0.25) is 4.79 Å². The molecule has 0 radical (unpaired) electrons. The number of nitrogens with one attached hydrogen (secondary N) is 2. The third kappa shape index (κ3) is 9.79. The molecule has 18 heteroatoms. The second-order valence-electron chi connectivity index (χ2n) is 11.8. The average molecular weight is 691 g/mol. The molecule has 4 unspecified atom stereocenters. The van der Waals surface area contributed by atoms with Crippen LogP contribution < -0.4 is 10.6 Å². The number of benzene rings is 1. The smallest absolute Gasteiger partial charge is 0.408 e. The number of amides is 2. The van der Waals surface area contributed by atoms with Crippen LogP contribution >= 0.6 is 0 Å². The summed E-state index contributed by atoms with van der Waals surface area (Å²) in [6, 6.07) is 5.92. The van der Waals surface area contributed by atoms with Crippen molar-refractivity contribution >= 4 is 18.0 Å². The van der Waals surface area contributed by atoms with Crippen molar-refractivity contribution in [1.82, 2.24) is 10.6 Å². The van der Waals surface area contributed by atoms with Crippen molar-refractivity contribution in [2.45, 2.75) is 107 Å². The summed E-state index contributed by atoms with van der Waals surface area (Å²) in [6.07, 6.45) is -19.7. The van der Waals surface area contributed by atoms with Crippen LogP contribution in [-0.4, -0.2) is 154 Å². The maximum atomic E-state index is 13.6. The standard InChI is InChI=1S/C30H46N2O16/c1-13(2)18(27(41)43-4)31-26(40)19(32-30(42)44-12-15-8-6-5-7-9-15)14(3)45-29-25(23(38)21(36)17(11-34)47-29)48-28-24(39)22(37)20(35)16(10-33)46-28/h5-9,13-14,16-25,28-29,33-39H,10-12H2,1-4H3,(H,31,40)(H,32,42)/t14-,16?,17?,18+,19+,20-,21-,22+,23+,24?,25?,28-,29+/m1/s1. The van der Waals surface area contributed by atoms with Crippen LogP contribution in [0.2, 0.25) is 0 Å². The number of carbonyl (C=O) groups excluding carboxylic acids is 3. The summed E-state index contributed by atoms with van der Waals surface area (Å²) < 4.78 is 32.6. The van der Waals surface area contributed by atoms with Crippen molar-refractivity contribution in [2.75, 3.05) is 20.3 Å². The van der Waals surface area contributed by atoms with E-state index in [-0.39, 0.29) is 6.61 Å². The Morgan fingerprint density at radius 1 is 0.792 bits per heavy atom. The Bertz CT molecular complexity index is 1170. The van der Waals surface area contributed by atoms with E-state index in [9.17, 15) is 50.1 Å². The van der Waals surface area contributed by atoms with Crippen molar-refractivity contribution < 1.29 is 78.6 Å². The molecule has 0 bridgehead atoms. The maximum absolute atomic E-state index is 13.6. The van der Waals surface area contributed by atoms with E-state index in [0.717, 1.165) is 7.11 Å². The summed E-state index contributed by atoms with van der Waals surface area (Å²) in [5, 5.41) is 76.6. The molecule has 9 N–H and O–H groups in total. The van der Waals surface area contributed by atoms with Crippen LogP contribution in [0.1, 0.15) is 26.3 Å². The van der Waals surface area contributed by atoms with E-state index in [1.807, 2.05) is 0 Å². The molecular weight excluding hydrogens is 644 g/mol. The largest absolute Gasteiger partial charge is 0.467 e. The predicted molar refractivity (Wildman–Crippen MR) is 159 cm³/mol. The van der Waals surface area contributed by atoms with Gasteiger partial charge in [0.05, 0.1) is 26.4 Å².